The van der Waals surface area contributed by atoms with Gasteiger partial charge in [0, 0.05) is 45.2 Å². The number of carbonyl (C=O) groups is 12. The molecule has 0 aromatic heterocycles. The maximum absolute atomic E-state index is 15.4. The summed E-state index contributed by atoms with van der Waals surface area (Å²) in [6.07, 6.45) is 4.89. The van der Waals surface area contributed by atoms with E-state index < -0.39 is 161 Å². The third-order valence-electron chi connectivity index (χ3n) is 18.3. The Morgan fingerprint density at radius 1 is 0.560 bits per heavy atom. The SMILES string of the molecule is CC[C@H](C)[C@H](NC(=O)[C@@H](NC(=O)[C@@H]1CCCN1C(=O)/C1=C/N[C@@H](Cc2ccccc2)C(=O)N2CCC[C@H]2C(=O)N[C@@H](CC(C)C)C(=O)N[C@@H](Cc2ccccc2)C(=O)N2CCC[C@H]2C(=O)N2CCC[C@H]2C(=O)N[C@@H](C(C)C)C(=O)N1)[C@@H](C)CC)C(=O)NCC(N)=O. The maximum atomic E-state index is 15.4. The summed E-state index contributed by atoms with van der Waals surface area (Å²) in [7, 11) is 0. The van der Waals surface area contributed by atoms with E-state index in [0.717, 1.165) is 5.56 Å². The van der Waals surface area contributed by atoms with Crippen molar-refractivity contribution in [2.75, 3.05) is 32.7 Å². The van der Waals surface area contributed by atoms with Crippen molar-refractivity contribution in [1.29, 1.82) is 0 Å². The number of fused-ring (bicyclic) bond motifs is 3. The van der Waals surface area contributed by atoms with Crippen LogP contribution in [0.4, 0.5) is 0 Å². The lowest BCUT2D eigenvalue weighted by Gasteiger charge is -2.34. The molecule has 25 heteroatoms. The zero-order valence-corrected chi connectivity index (χ0v) is 53.9. The fourth-order valence-electron chi connectivity index (χ4n) is 12.8. The van der Waals surface area contributed by atoms with Crippen molar-refractivity contribution >= 4 is 70.9 Å². The van der Waals surface area contributed by atoms with Crippen LogP contribution in [0.25, 0.3) is 0 Å². The Bertz CT molecular complexity index is 3000. The highest BCUT2D eigenvalue weighted by atomic mass is 16.2. The van der Waals surface area contributed by atoms with Crippen LogP contribution in [0.2, 0.25) is 0 Å². The molecule has 5 heterocycles. The van der Waals surface area contributed by atoms with E-state index in [2.05, 4.69) is 42.5 Å². The van der Waals surface area contributed by atoms with Crippen LogP contribution < -0.4 is 48.3 Å². The lowest BCUT2D eigenvalue weighted by molar-refractivity contribution is -0.148. The molecule has 4 fully saturated rings. The summed E-state index contributed by atoms with van der Waals surface area (Å²) in [5.41, 5.74) is 6.31. The van der Waals surface area contributed by atoms with Crippen molar-refractivity contribution in [2.45, 2.75) is 199 Å². The molecule has 496 valence electrons. The highest BCUT2D eigenvalue weighted by molar-refractivity contribution is 6.03. The van der Waals surface area contributed by atoms with Crippen LogP contribution in [0.3, 0.4) is 0 Å². The molecule has 0 radical (unpaired) electrons. The molecule has 25 nitrogen and oxygen atoms in total. The Hall–Kier alpha value is -8.38. The van der Waals surface area contributed by atoms with E-state index in [4.69, 9.17) is 5.73 Å². The number of carbonyl (C=O) groups excluding carboxylic acids is 12. The second-order valence-electron chi connectivity index (χ2n) is 25.8. The molecule has 0 aliphatic carbocycles. The zero-order valence-electron chi connectivity index (χ0n) is 53.9. The maximum Gasteiger partial charge on any atom is 0.272 e. The van der Waals surface area contributed by atoms with Crippen molar-refractivity contribution in [1.82, 2.24) is 62.1 Å². The standard InChI is InChI=1S/C66H95N13O12/c1-9-40(7)54(60(85)69-37-52(67)80)75-62(87)55(41(8)10-2)74-59(84)49-26-18-30-77(49)65(90)47-36-68-45(34-42-21-13-11-14-22-42)63(88)76-29-17-25-48(76)57(82)70-44(33-38(3)4)56(81)71-46(35-43-23-15-12-16-24-43)64(89)79-32-20-28-51(79)66(91)78-31-19-27-50(78)58(83)73-53(39(5)6)61(86)72-47/h11-16,21-24,36,38-41,44-46,48-51,53-55,68H,9-10,17-20,25-35,37H2,1-8H3,(H2,67,80)(H,69,85)(H,70,82)(H,71,81)(H,72,86)(H,73,83)(H,74,84)(H,75,87)/b47-36-/t40-,41-,44-,45-,46-,48-,49-,50-,51-,53-,54-,55-/m0/s1. The normalized spacial score (nSPS) is 25.9. The first kappa shape index (κ1) is 70.1. The molecular weight excluding hydrogens is 1170 g/mol. The van der Waals surface area contributed by atoms with Crippen LogP contribution in [0.15, 0.2) is 72.6 Å². The van der Waals surface area contributed by atoms with Crippen LogP contribution in [0.5, 0.6) is 0 Å². The number of hydrogen-bond donors (Lipinski definition) is 9. The molecular formula is C66H95N13O12. The first-order valence-electron chi connectivity index (χ1n) is 32.6. The molecule has 12 atom stereocenters. The van der Waals surface area contributed by atoms with Crippen molar-refractivity contribution in [2.24, 2.45) is 29.4 Å². The van der Waals surface area contributed by atoms with Crippen LogP contribution in [-0.2, 0) is 70.4 Å². The Balaban J connectivity index is 1.27. The van der Waals surface area contributed by atoms with Crippen molar-refractivity contribution in [3.63, 3.8) is 0 Å². The monoisotopic (exact) mass is 1260 g/mol. The van der Waals surface area contributed by atoms with E-state index in [1.165, 1.54) is 25.8 Å². The van der Waals surface area contributed by atoms with E-state index in [1.807, 2.05) is 64.1 Å². The molecule has 2 aromatic rings. The fraction of sp³-hybridized carbons (Fsp3) is 0.606. The van der Waals surface area contributed by atoms with Crippen LogP contribution in [0, 0.1) is 23.7 Å². The number of amides is 12. The summed E-state index contributed by atoms with van der Waals surface area (Å²) in [6, 6.07) is 6.71. The van der Waals surface area contributed by atoms with Gasteiger partial charge in [0.25, 0.3) is 5.91 Å². The second-order valence-corrected chi connectivity index (χ2v) is 25.8. The van der Waals surface area contributed by atoms with Crippen molar-refractivity contribution < 1.29 is 57.5 Å². The van der Waals surface area contributed by atoms with E-state index in [1.54, 1.807) is 52.0 Å². The first-order valence-corrected chi connectivity index (χ1v) is 32.6. The van der Waals surface area contributed by atoms with E-state index in [9.17, 15) is 47.9 Å². The molecule has 2 aromatic carbocycles. The third-order valence-corrected chi connectivity index (χ3v) is 18.3. The van der Waals surface area contributed by atoms with Gasteiger partial charge in [-0.1, -0.05) is 129 Å². The van der Waals surface area contributed by atoms with E-state index in [-0.39, 0.29) is 77.0 Å². The zero-order chi connectivity index (χ0) is 66.2. The Kier molecular flexibility index (Phi) is 25.1. The highest BCUT2D eigenvalue weighted by Gasteiger charge is 2.47. The summed E-state index contributed by atoms with van der Waals surface area (Å²) in [5, 5.41) is 22.7. The molecule has 12 amide bonds. The number of benzene rings is 2. The van der Waals surface area contributed by atoms with Gasteiger partial charge < -0.3 is 67.9 Å². The Morgan fingerprint density at radius 3 is 1.60 bits per heavy atom. The van der Waals surface area contributed by atoms with Gasteiger partial charge in [-0.3, -0.25) is 57.5 Å². The molecule has 0 saturated carbocycles. The van der Waals surface area contributed by atoms with Gasteiger partial charge in [0.15, 0.2) is 0 Å². The van der Waals surface area contributed by atoms with E-state index in [0.29, 0.717) is 44.1 Å². The van der Waals surface area contributed by atoms with Gasteiger partial charge in [0.2, 0.25) is 65.0 Å². The molecule has 0 spiro atoms. The Morgan fingerprint density at radius 2 is 1.05 bits per heavy atom. The van der Waals surface area contributed by atoms with Crippen molar-refractivity contribution in [3.05, 3.63) is 83.7 Å². The van der Waals surface area contributed by atoms with Gasteiger partial charge in [0.1, 0.15) is 66.1 Å². The van der Waals surface area contributed by atoms with Crippen LogP contribution in [-0.4, -0.2) is 184 Å². The topological polar surface area (TPSA) is 340 Å². The molecule has 91 heavy (non-hydrogen) atoms. The molecule has 4 saturated heterocycles. The highest BCUT2D eigenvalue weighted by Crippen LogP contribution is 2.28. The largest absolute Gasteiger partial charge is 0.378 e. The predicted octanol–water partition coefficient (Wildman–Crippen LogP) is 1.19. The van der Waals surface area contributed by atoms with Gasteiger partial charge in [-0.25, -0.2) is 0 Å². The average molecular weight is 1260 g/mol. The van der Waals surface area contributed by atoms with Crippen LogP contribution >= 0.6 is 0 Å². The average Bonchev–Trinajstić information content (AvgIpc) is 1.84. The number of nitrogens with zero attached hydrogens (tertiary/aromatic N) is 4. The number of likely N-dealkylation sites (tertiary alicyclic amines) is 1. The lowest BCUT2D eigenvalue weighted by atomic mass is 9.94. The summed E-state index contributed by atoms with van der Waals surface area (Å²) in [4.78, 5) is 179. The summed E-state index contributed by atoms with van der Waals surface area (Å²) < 4.78 is 0. The number of nitrogens with one attached hydrogen (secondary N) is 8. The molecule has 7 rings (SSSR count). The first-order chi connectivity index (χ1) is 43.4. The minimum atomic E-state index is -1.33. The molecule has 0 bridgehead atoms. The minimum absolute atomic E-state index is 0.0147. The van der Waals surface area contributed by atoms with E-state index >= 15 is 9.59 Å². The molecule has 10 N–H and O–H groups in total. The van der Waals surface area contributed by atoms with Gasteiger partial charge in [-0.15, -0.1) is 0 Å². The molecule has 5 aliphatic heterocycles. The van der Waals surface area contributed by atoms with Gasteiger partial charge in [0.05, 0.1) is 6.54 Å². The Labute approximate surface area is 533 Å². The number of nitrogens with two attached hydrogens (primary N) is 1. The number of primary amides is 1. The fourth-order valence-corrected chi connectivity index (χ4v) is 12.8. The lowest BCUT2D eigenvalue weighted by Crippen LogP contribution is -2.60. The number of rotatable bonds is 19. The molecule has 5 aliphatic rings. The van der Waals surface area contributed by atoms with Crippen molar-refractivity contribution in [3.8, 4) is 0 Å². The molecule has 0 unspecified atom stereocenters. The van der Waals surface area contributed by atoms with Gasteiger partial charge in [-0.05, 0) is 92.6 Å². The van der Waals surface area contributed by atoms with Gasteiger partial charge >= 0.3 is 0 Å². The summed E-state index contributed by atoms with van der Waals surface area (Å²) in [6.45, 7) is 14.4. The minimum Gasteiger partial charge on any atom is -0.378 e. The third kappa shape index (κ3) is 18.0. The quantitative estimate of drug-likeness (QED) is 0.0956. The van der Waals surface area contributed by atoms with Crippen LogP contribution in [0.1, 0.15) is 137 Å². The number of hydrogen-bond acceptors (Lipinski definition) is 13. The smallest absolute Gasteiger partial charge is 0.272 e. The predicted molar refractivity (Wildman–Crippen MR) is 337 cm³/mol. The second kappa shape index (κ2) is 32.6. The summed E-state index contributed by atoms with van der Waals surface area (Å²) >= 11 is 0. The van der Waals surface area contributed by atoms with Gasteiger partial charge in [-0.2, -0.15) is 0 Å². The summed E-state index contributed by atoms with van der Waals surface area (Å²) in [5.74, 6) is -9.46.